The van der Waals surface area contributed by atoms with Gasteiger partial charge < -0.3 is 19.4 Å². The molecule has 0 fully saturated rings. The molecule has 1 aromatic rings. The summed E-state index contributed by atoms with van der Waals surface area (Å²) in [6.45, 7) is 2.36. The minimum Gasteiger partial charge on any atom is -0.508 e. The molecule has 0 unspecified atom stereocenters. The third-order valence-electron chi connectivity index (χ3n) is 1.96. The van der Waals surface area contributed by atoms with Gasteiger partial charge in [-0.2, -0.15) is 0 Å². The van der Waals surface area contributed by atoms with E-state index in [2.05, 4.69) is 0 Å². The molecule has 0 aliphatic carbocycles. The van der Waals surface area contributed by atoms with Crippen LogP contribution in [0.5, 0.6) is 17.2 Å². The summed E-state index contributed by atoms with van der Waals surface area (Å²) >= 11 is 0. The first kappa shape index (κ1) is 13.7. The third kappa shape index (κ3) is 3.58. The standard InChI is InChI=1S/C12H12O6/c1-7(14)17-11-5-9(3-4-13)10(16)6-12(11)18-8(2)15/h4-6,16H,3H2,1-2H3. The van der Waals surface area contributed by atoms with Crippen molar-refractivity contribution in [2.24, 2.45) is 0 Å². The molecule has 0 radical (unpaired) electrons. The van der Waals surface area contributed by atoms with E-state index in [1.54, 1.807) is 0 Å². The monoisotopic (exact) mass is 252 g/mol. The number of aromatic hydroxyl groups is 1. The molecule has 0 amide bonds. The molecule has 0 atom stereocenters. The van der Waals surface area contributed by atoms with Crippen molar-refractivity contribution in [1.29, 1.82) is 0 Å². The van der Waals surface area contributed by atoms with Gasteiger partial charge in [0.05, 0.1) is 0 Å². The van der Waals surface area contributed by atoms with Gasteiger partial charge in [0.25, 0.3) is 0 Å². The Balaban J connectivity index is 3.21. The Morgan fingerprint density at radius 1 is 1.17 bits per heavy atom. The van der Waals surface area contributed by atoms with Gasteiger partial charge in [0.2, 0.25) is 0 Å². The van der Waals surface area contributed by atoms with Crippen LogP contribution in [0, 0.1) is 0 Å². The quantitative estimate of drug-likeness (QED) is 0.488. The number of phenolic OH excluding ortho intramolecular Hbond substituents is 1. The lowest BCUT2D eigenvalue weighted by Gasteiger charge is -2.11. The molecular weight excluding hydrogens is 240 g/mol. The zero-order valence-corrected chi connectivity index (χ0v) is 9.93. The average molecular weight is 252 g/mol. The molecule has 0 aliphatic rings. The molecular formula is C12H12O6. The number of carbonyl (C=O) groups excluding carboxylic acids is 3. The van der Waals surface area contributed by atoms with Crippen LogP contribution in [0.25, 0.3) is 0 Å². The molecule has 0 aromatic heterocycles. The summed E-state index contributed by atoms with van der Waals surface area (Å²) in [5, 5.41) is 9.60. The molecule has 0 saturated heterocycles. The summed E-state index contributed by atoms with van der Waals surface area (Å²) in [7, 11) is 0. The molecule has 0 bridgehead atoms. The molecule has 6 nitrogen and oxygen atoms in total. The minimum atomic E-state index is -0.620. The van der Waals surface area contributed by atoms with E-state index in [9.17, 15) is 19.5 Å². The smallest absolute Gasteiger partial charge is 0.308 e. The van der Waals surface area contributed by atoms with Crippen LogP contribution in [0.1, 0.15) is 19.4 Å². The predicted molar refractivity (Wildman–Crippen MR) is 60.5 cm³/mol. The van der Waals surface area contributed by atoms with E-state index in [-0.39, 0.29) is 29.2 Å². The highest BCUT2D eigenvalue weighted by Crippen LogP contribution is 2.34. The second kappa shape index (κ2) is 5.81. The molecule has 6 heteroatoms. The SMILES string of the molecule is CC(=O)Oc1cc(O)c(CC=O)cc1OC(C)=O. The van der Waals surface area contributed by atoms with E-state index in [1.165, 1.54) is 19.9 Å². The van der Waals surface area contributed by atoms with E-state index >= 15 is 0 Å². The van der Waals surface area contributed by atoms with Crippen LogP contribution in [-0.4, -0.2) is 23.3 Å². The van der Waals surface area contributed by atoms with Crippen molar-refractivity contribution in [2.45, 2.75) is 20.3 Å². The maximum absolute atomic E-state index is 10.9. The Labute approximate surface area is 103 Å². The van der Waals surface area contributed by atoms with Gasteiger partial charge in [-0.25, -0.2) is 0 Å². The van der Waals surface area contributed by atoms with Gasteiger partial charge in [-0.15, -0.1) is 0 Å². The Bertz CT molecular complexity index is 492. The number of hydrogen-bond acceptors (Lipinski definition) is 6. The molecule has 0 aliphatic heterocycles. The first-order valence-electron chi connectivity index (χ1n) is 5.10. The predicted octanol–water partition coefficient (Wildman–Crippen LogP) is 0.984. The first-order valence-corrected chi connectivity index (χ1v) is 5.10. The normalized spacial score (nSPS) is 9.67. The highest BCUT2D eigenvalue weighted by Gasteiger charge is 2.14. The molecule has 1 rings (SSSR count). The average Bonchev–Trinajstić information content (AvgIpc) is 2.23. The molecule has 0 heterocycles. The number of esters is 2. The lowest BCUT2D eigenvalue weighted by Crippen LogP contribution is -2.07. The lowest BCUT2D eigenvalue weighted by atomic mass is 10.1. The van der Waals surface area contributed by atoms with Crippen molar-refractivity contribution >= 4 is 18.2 Å². The van der Waals surface area contributed by atoms with E-state index < -0.39 is 11.9 Å². The van der Waals surface area contributed by atoms with E-state index in [0.717, 1.165) is 6.07 Å². The number of carbonyl (C=O) groups is 3. The lowest BCUT2D eigenvalue weighted by molar-refractivity contribution is -0.134. The van der Waals surface area contributed by atoms with Crippen LogP contribution in [0.3, 0.4) is 0 Å². The maximum Gasteiger partial charge on any atom is 0.308 e. The van der Waals surface area contributed by atoms with Crippen LogP contribution >= 0.6 is 0 Å². The van der Waals surface area contributed by atoms with Gasteiger partial charge in [0.15, 0.2) is 11.5 Å². The zero-order valence-electron chi connectivity index (χ0n) is 9.93. The second-order valence-corrected chi connectivity index (χ2v) is 3.49. The summed E-state index contributed by atoms with van der Waals surface area (Å²) in [4.78, 5) is 32.2. The number of ether oxygens (including phenoxy) is 2. The molecule has 1 N–H and O–H groups in total. The fourth-order valence-electron chi connectivity index (χ4n) is 1.31. The van der Waals surface area contributed by atoms with Gasteiger partial charge >= 0.3 is 11.9 Å². The van der Waals surface area contributed by atoms with Gasteiger partial charge in [-0.1, -0.05) is 0 Å². The van der Waals surface area contributed by atoms with Crippen LogP contribution in [0.15, 0.2) is 12.1 Å². The molecule has 0 spiro atoms. The summed E-state index contributed by atoms with van der Waals surface area (Å²) in [6, 6.07) is 2.40. The van der Waals surface area contributed by atoms with Crippen LogP contribution < -0.4 is 9.47 Å². The zero-order chi connectivity index (χ0) is 13.7. The van der Waals surface area contributed by atoms with Crippen molar-refractivity contribution < 1.29 is 29.0 Å². The Hall–Kier alpha value is -2.37. The van der Waals surface area contributed by atoms with Gasteiger partial charge in [0, 0.05) is 31.9 Å². The second-order valence-electron chi connectivity index (χ2n) is 3.49. The molecule has 0 saturated carbocycles. The van der Waals surface area contributed by atoms with Crippen molar-refractivity contribution in [3.8, 4) is 17.2 Å². The first-order chi connectivity index (χ1) is 8.43. The number of aldehydes is 1. The highest BCUT2D eigenvalue weighted by atomic mass is 16.6. The topological polar surface area (TPSA) is 89.9 Å². The fraction of sp³-hybridized carbons (Fsp3) is 0.250. The largest absolute Gasteiger partial charge is 0.508 e. The summed E-state index contributed by atoms with van der Waals surface area (Å²) < 4.78 is 9.64. The van der Waals surface area contributed by atoms with Gasteiger partial charge in [-0.05, 0) is 6.07 Å². The molecule has 96 valence electrons. The molecule has 1 aromatic carbocycles. The van der Waals surface area contributed by atoms with E-state index in [1.807, 2.05) is 0 Å². The fourth-order valence-corrected chi connectivity index (χ4v) is 1.31. The number of hydrogen-bond donors (Lipinski definition) is 1. The number of phenols is 1. The third-order valence-corrected chi connectivity index (χ3v) is 1.96. The van der Waals surface area contributed by atoms with Gasteiger partial charge in [-0.3, -0.25) is 9.59 Å². The Morgan fingerprint density at radius 3 is 2.11 bits per heavy atom. The van der Waals surface area contributed by atoms with Crippen molar-refractivity contribution in [3.63, 3.8) is 0 Å². The molecule has 18 heavy (non-hydrogen) atoms. The summed E-state index contributed by atoms with van der Waals surface area (Å²) in [6.07, 6.45) is 0.554. The van der Waals surface area contributed by atoms with Crippen molar-refractivity contribution in [2.75, 3.05) is 0 Å². The van der Waals surface area contributed by atoms with Crippen LogP contribution in [0.2, 0.25) is 0 Å². The van der Waals surface area contributed by atoms with Crippen LogP contribution in [-0.2, 0) is 20.8 Å². The Kier molecular flexibility index (Phi) is 4.42. The maximum atomic E-state index is 10.9. The van der Waals surface area contributed by atoms with Crippen molar-refractivity contribution in [3.05, 3.63) is 17.7 Å². The minimum absolute atomic E-state index is 0.0210. The summed E-state index contributed by atoms with van der Waals surface area (Å²) in [5.41, 5.74) is 0.275. The van der Waals surface area contributed by atoms with Gasteiger partial charge in [0.1, 0.15) is 12.0 Å². The van der Waals surface area contributed by atoms with E-state index in [0.29, 0.717) is 6.29 Å². The number of benzene rings is 1. The Morgan fingerprint density at radius 2 is 1.67 bits per heavy atom. The van der Waals surface area contributed by atoms with Crippen LogP contribution in [0.4, 0.5) is 0 Å². The van der Waals surface area contributed by atoms with Crippen molar-refractivity contribution in [1.82, 2.24) is 0 Å². The number of rotatable bonds is 4. The summed E-state index contributed by atoms with van der Waals surface area (Å²) in [5.74, 6) is -1.54. The highest BCUT2D eigenvalue weighted by molar-refractivity contribution is 5.74. The van der Waals surface area contributed by atoms with E-state index in [4.69, 9.17) is 9.47 Å².